The van der Waals surface area contributed by atoms with Gasteiger partial charge in [-0.3, -0.25) is 14.0 Å². The number of nitrogens with one attached hydrogen (secondary N) is 1. The summed E-state index contributed by atoms with van der Waals surface area (Å²) in [5.74, 6) is 1.10. The van der Waals surface area contributed by atoms with Crippen LogP contribution in [0.2, 0.25) is 5.02 Å². The molecule has 0 radical (unpaired) electrons. The molecule has 162 valence electrons. The number of halogens is 1. The molecule has 1 N–H and O–H groups in total. The Hall–Kier alpha value is -2.86. The smallest absolute Gasteiger partial charge is 0.258 e. The minimum Gasteiger partial charge on any atom is -0.379 e. The van der Waals surface area contributed by atoms with Gasteiger partial charge in [-0.15, -0.1) is 0 Å². The molecule has 1 amide bonds. The average molecular weight is 439 g/mol. The number of piperidine rings is 1. The number of hydrogen-bond acceptors (Lipinski definition) is 4. The number of aryl methyl sites for hydroxylation is 1. The van der Waals surface area contributed by atoms with E-state index in [4.69, 9.17) is 11.6 Å². The normalized spacial score (nSPS) is 18.9. The van der Waals surface area contributed by atoms with Crippen LogP contribution in [0.5, 0.6) is 0 Å². The number of carbonyl (C=O) groups is 1. The van der Waals surface area contributed by atoms with Gasteiger partial charge in [0, 0.05) is 36.6 Å². The molecule has 7 heteroatoms. The number of fused-ring (bicyclic) bond motifs is 1. The molecule has 1 aliphatic rings. The molecule has 1 fully saturated rings. The number of aromatic nitrogens is 2. The zero-order valence-electron chi connectivity index (χ0n) is 18.1. The number of hydrogen-bond donors (Lipinski definition) is 1. The number of pyridine rings is 1. The van der Waals surface area contributed by atoms with E-state index in [1.54, 1.807) is 18.3 Å². The second-order valence-corrected chi connectivity index (χ2v) is 9.14. The fourth-order valence-corrected chi connectivity index (χ4v) is 4.52. The average Bonchev–Trinajstić information content (AvgIpc) is 2.72. The number of amides is 1. The Morgan fingerprint density at radius 1 is 1.16 bits per heavy atom. The van der Waals surface area contributed by atoms with E-state index in [1.165, 1.54) is 10.5 Å². The van der Waals surface area contributed by atoms with E-state index in [9.17, 15) is 9.59 Å². The highest BCUT2D eigenvalue weighted by Gasteiger charge is 2.26. The fourth-order valence-electron chi connectivity index (χ4n) is 4.36. The molecule has 0 saturated carbocycles. The van der Waals surface area contributed by atoms with Gasteiger partial charge in [0.25, 0.3) is 11.5 Å². The Morgan fingerprint density at radius 2 is 1.90 bits per heavy atom. The van der Waals surface area contributed by atoms with E-state index in [0.717, 1.165) is 30.8 Å². The first-order valence-corrected chi connectivity index (χ1v) is 11.0. The molecule has 3 heterocycles. The van der Waals surface area contributed by atoms with Crippen molar-refractivity contribution in [2.24, 2.45) is 11.8 Å². The molecule has 2 atom stereocenters. The lowest BCUT2D eigenvalue weighted by atomic mass is 9.91. The molecule has 2 aromatic heterocycles. The first kappa shape index (κ1) is 21.4. The Bertz CT molecular complexity index is 1180. The SMILES string of the molecule is Cc1ccc(C(=O)N2CC(C)CC(C)C2)cc1NCc1cc(=O)n2cc(Cl)ccc2n1. The first-order chi connectivity index (χ1) is 14.8. The predicted octanol–water partition coefficient (Wildman–Crippen LogP) is 4.39. The number of likely N-dealkylation sites (tertiary alicyclic amines) is 1. The molecule has 3 aromatic rings. The Kier molecular flexibility index (Phi) is 6.01. The fraction of sp³-hybridized carbons (Fsp3) is 0.375. The zero-order chi connectivity index (χ0) is 22.1. The van der Waals surface area contributed by atoms with E-state index < -0.39 is 0 Å². The van der Waals surface area contributed by atoms with E-state index in [1.807, 2.05) is 30.0 Å². The third kappa shape index (κ3) is 4.74. The monoisotopic (exact) mass is 438 g/mol. The molecular weight excluding hydrogens is 412 g/mol. The van der Waals surface area contributed by atoms with Crippen LogP contribution >= 0.6 is 11.6 Å². The number of benzene rings is 1. The quantitative estimate of drug-likeness (QED) is 0.656. The summed E-state index contributed by atoms with van der Waals surface area (Å²) in [5.41, 5.74) is 3.56. The molecule has 0 spiro atoms. The van der Waals surface area contributed by atoms with Crippen molar-refractivity contribution in [2.45, 2.75) is 33.7 Å². The molecule has 6 nitrogen and oxygen atoms in total. The lowest BCUT2D eigenvalue weighted by molar-refractivity contribution is 0.0623. The van der Waals surface area contributed by atoms with Gasteiger partial charge < -0.3 is 10.2 Å². The van der Waals surface area contributed by atoms with Crippen molar-refractivity contribution >= 4 is 28.8 Å². The molecule has 31 heavy (non-hydrogen) atoms. The summed E-state index contributed by atoms with van der Waals surface area (Å²) < 4.78 is 1.43. The summed E-state index contributed by atoms with van der Waals surface area (Å²) in [7, 11) is 0. The third-order valence-electron chi connectivity index (χ3n) is 5.78. The van der Waals surface area contributed by atoms with Crippen molar-refractivity contribution in [2.75, 3.05) is 18.4 Å². The van der Waals surface area contributed by atoms with Crippen LogP contribution in [-0.4, -0.2) is 33.3 Å². The maximum Gasteiger partial charge on any atom is 0.258 e. The van der Waals surface area contributed by atoms with Gasteiger partial charge in [0.2, 0.25) is 0 Å². The second-order valence-electron chi connectivity index (χ2n) is 8.70. The van der Waals surface area contributed by atoms with Gasteiger partial charge in [-0.05, 0) is 55.0 Å². The van der Waals surface area contributed by atoms with Crippen LogP contribution in [0.4, 0.5) is 5.69 Å². The van der Waals surface area contributed by atoms with Crippen molar-refractivity contribution in [3.8, 4) is 0 Å². The minimum absolute atomic E-state index is 0.0698. The second kappa shape index (κ2) is 8.71. The van der Waals surface area contributed by atoms with Gasteiger partial charge >= 0.3 is 0 Å². The van der Waals surface area contributed by atoms with E-state index in [2.05, 4.69) is 24.1 Å². The largest absolute Gasteiger partial charge is 0.379 e. The van der Waals surface area contributed by atoms with Crippen LogP contribution in [-0.2, 0) is 6.54 Å². The summed E-state index contributed by atoms with van der Waals surface area (Å²) in [6.07, 6.45) is 2.72. The van der Waals surface area contributed by atoms with Gasteiger partial charge in [0.05, 0.1) is 17.3 Å². The van der Waals surface area contributed by atoms with E-state index >= 15 is 0 Å². The Balaban J connectivity index is 1.53. The summed E-state index contributed by atoms with van der Waals surface area (Å²) in [5, 5.41) is 3.82. The number of carbonyl (C=O) groups excluding carboxylic acids is 1. The third-order valence-corrected chi connectivity index (χ3v) is 6.00. The molecular formula is C24H27ClN4O2. The topological polar surface area (TPSA) is 66.7 Å². The van der Waals surface area contributed by atoms with E-state index in [-0.39, 0.29) is 11.5 Å². The lowest BCUT2D eigenvalue weighted by Crippen LogP contribution is -2.42. The van der Waals surface area contributed by atoms with Crippen LogP contribution in [0.25, 0.3) is 5.65 Å². The zero-order valence-corrected chi connectivity index (χ0v) is 18.8. The van der Waals surface area contributed by atoms with Crippen molar-refractivity contribution in [1.29, 1.82) is 0 Å². The van der Waals surface area contributed by atoms with Crippen molar-refractivity contribution in [3.63, 3.8) is 0 Å². The molecule has 1 aliphatic heterocycles. The lowest BCUT2D eigenvalue weighted by Gasteiger charge is -2.35. The van der Waals surface area contributed by atoms with Crippen molar-refractivity contribution < 1.29 is 4.79 Å². The first-order valence-electron chi connectivity index (χ1n) is 10.6. The predicted molar refractivity (Wildman–Crippen MR) is 124 cm³/mol. The van der Waals surface area contributed by atoms with Crippen molar-refractivity contribution in [3.05, 3.63) is 74.8 Å². The van der Waals surface area contributed by atoms with Crippen LogP contribution in [0.15, 0.2) is 47.4 Å². The number of anilines is 1. The summed E-state index contributed by atoms with van der Waals surface area (Å²) in [6.45, 7) is 8.37. The summed E-state index contributed by atoms with van der Waals surface area (Å²) in [6, 6.07) is 10.7. The molecule has 0 bridgehead atoms. The minimum atomic E-state index is -0.182. The standard InChI is InChI=1S/C24H27ClN4O2/c1-15-8-16(2)13-28(12-15)24(31)18-5-4-17(3)21(9-18)26-11-20-10-23(30)29-14-19(25)6-7-22(29)27-20/h4-7,9-10,14-16,26H,8,11-13H2,1-3H3. The number of nitrogens with zero attached hydrogens (tertiary/aromatic N) is 3. The summed E-state index contributed by atoms with van der Waals surface area (Å²) >= 11 is 5.97. The number of rotatable bonds is 4. The Morgan fingerprint density at radius 3 is 2.65 bits per heavy atom. The highest BCUT2D eigenvalue weighted by Crippen LogP contribution is 2.24. The molecule has 1 saturated heterocycles. The van der Waals surface area contributed by atoms with Gasteiger partial charge in [-0.2, -0.15) is 0 Å². The van der Waals surface area contributed by atoms with Gasteiger partial charge in [0.1, 0.15) is 5.65 Å². The maximum atomic E-state index is 13.1. The van der Waals surface area contributed by atoms with Crippen LogP contribution < -0.4 is 10.9 Å². The molecule has 2 unspecified atom stereocenters. The van der Waals surface area contributed by atoms with Crippen molar-refractivity contribution in [1.82, 2.24) is 14.3 Å². The van der Waals surface area contributed by atoms with Crippen LogP contribution in [0.1, 0.15) is 41.9 Å². The van der Waals surface area contributed by atoms with Gasteiger partial charge in [-0.1, -0.05) is 31.5 Å². The summed E-state index contributed by atoms with van der Waals surface area (Å²) in [4.78, 5) is 32.0. The molecule has 1 aromatic carbocycles. The van der Waals surface area contributed by atoms with Crippen LogP contribution in [0, 0.1) is 18.8 Å². The van der Waals surface area contributed by atoms with Crippen LogP contribution in [0.3, 0.4) is 0 Å². The highest BCUT2D eigenvalue weighted by molar-refractivity contribution is 6.30. The van der Waals surface area contributed by atoms with Gasteiger partial charge in [0.15, 0.2) is 0 Å². The maximum absolute atomic E-state index is 13.1. The molecule has 4 rings (SSSR count). The van der Waals surface area contributed by atoms with Gasteiger partial charge in [-0.25, -0.2) is 4.98 Å². The molecule has 0 aliphatic carbocycles. The Labute approximate surface area is 186 Å². The highest BCUT2D eigenvalue weighted by atomic mass is 35.5. The van der Waals surface area contributed by atoms with E-state index in [0.29, 0.717) is 40.3 Å².